The quantitative estimate of drug-likeness (QED) is 0.899. The van der Waals surface area contributed by atoms with Gasteiger partial charge in [0.1, 0.15) is 0 Å². The number of halogens is 3. The van der Waals surface area contributed by atoms with Crippen LogP contribution in [0.3, 0.4) is 0 Å². The monoisotopic (exact) mass is 341 g/mol. The number of nitrogens with one attached hydrogen (secondary N) is 1. The van der Waals surface area contributed by atoms with Gasteiger partial charge in [-0.15, -0.1) is 0 Å². The highest BCUT2D eigenvalue weighted by Crippen LogP contribution is 2.25. The molecule has 0 atom stereocenters. The van der Waals surface area contributed by atoms with Gasteiger partial charge in [-0.1, -0.05) is 17.3 Å². The second kappa shape index (κ2) is 7.21. The third-order valence-corrected chi connectivity index (χ3v) is 3.86. The van der Waals surface area contributed by atoms with Crippen LogP contribution in [0.5, 0.6) is 0 Å². The van der Waals surface area contributed by atoms with Crippen molar-refractivity contribution in [3.63, 3.8) is 0 Å². The van der Waals surface area contributed by atoms with Crippen molar-refractivity contribution in [3.05, 3.63) is 41.5 Å². The van der Waals surface area contributed by atoms with E-state index in [4.69, 9.17) is 9.26 Å². The summed E-state index contributed by atoms with van der Waals surface area (Å²) in [5.41, 5.74) is 0.938. The van der Waals surface area contributed by atoms with E-state index < -0.39 is 12.6 Å². The summed E-state index contributed by atoms with van der Waals surface area (Å²) < 4.78 is 47.5. The summed E-state index contributed by atoms with van der Waals surface area (Å²) in [7, 11) is 0. The maximum Gasteiger partial charge on any atom is 0.393 e. The largest absolute Gasteiger partial charge is 0.393 e. The lowest BCUT2D eigenvalue weighted by atomic mass is 10.0. The second-order valence-corrected chi connectivity index (χ2v) is 5.78. The molecule has 0 unspecified atom stereocenters. The minimum absolute atomic E-state index is 0.231. The normalized spacial score (nSPS) is 16.3. The summed E-state index contributed by atoms with van der Waals surface area (Å²) in [6.45, 7) is 1.75. The molecule has 1 aromatic heterocycles. The van der Waals surface area contributed by atoms with Crippen LogP contribution in [0.25, 0.3) is 0 Å². The number of aromatic nitrogens is 2. The van der Waals surface area contributed by atoms with Crippen molar-refractivity contribution < 1.29 is 22.4 Å². The number of ether oxygens (including phenoxy) is 1. The fourth-order valence-corrected chi connectivity index (χ4v) is 2.60. The molecule has 1 saturated heterocycles. The lowest BCUT2D eigenvalue weighted by Crippen LogP contribution is -2.14. The van der Waals surface area contributed by atoms with Crippen LogP contribution < -0.4 is 5.32 Å². The maximum absolute atomic E-state index is 12.3. The van der Waals surface area contributed by atoms with Crippen LogP contribution in [-0.2, 0) is 17.7 Å². The molecule has 2 aromatic rings. The van der Waals surface area contributed by atoms with Gasteiger partial charge in [-0.25, -0.2) is 0 Å². The van der Waals surface area contributed by atoms with Gasteiger partial charge in [0.2, 0.25) is 5.89 Å². The van der Waals surface area contributed by atoms with E-state index in [1.165, 1.54) is 12.1 Å². The summed E-state index contributed by atoms with van der Waals surface area (Å²) in [6, 6.07) is 6.14. The zero-order chi connectivity index (χ0) is 17.0. The first-order valence-corrected chi connectivity index (χ1v) is 7.79. The Labute approximate surface area is 137 Å². The molecule has 1 aliphatic rings. The Bertz CT molecular complexity index is 649. The smallest absolute Gasteiger partial charge is 0.381 e. The molecular weight excluding hydrogens is 323 g/mol. The standard InChI is InChI=1S/C16H18F3N3O2/c17-16(18,19)9-11-1-3-13(4-2-11)20-10-14-21-15(24-22-14)12-5-7-23-8-6-12/h1-4,12,20H,5-10H2. The minimum Gasteiger partial charge on any atom is -0.381 e. The first-order valence-electron chi connectivity index (χ1n) is 7.79. The highest BCUT2D eigenvalue weighted by Gasteiger charge is 2.27. The fourth-order valence-electron chi connectivity index (χ4n) is 2.60. The molecule has 0 radical (unpaired) electrons. The molecule has 24 heavy (non-hydrogen) atoms. The Hall–Kier alpha value is -2.09. The number of nitrogens with zero attached hydrogens (tertiary/aromatic N) is 2. The van der Waals surface area contributed by atoms with Crippen LogP contribution >= 0.6 is 0 Å². The van der Waals surface area contributed by atoms with Crippen LogP contribution in [0.2, 0.25) is 0 Å². The zero-order valence-electron chi connectivity index (χ0n) is 13.0. The Morgan fingerprint density at radius 1 is 1.12 bits per heavy atom. The third-order valence-electron chi connectivity index (χ3n) is 3.86. The minimum atomic E-state index is -4.19. The first-order chi connectivity index (χ1) is 11.5. The van der Waals surface area contributed by atoms with E-state index in [0.717, 1.165) is 12.8 Å². The van der Waals surface area contributed by atoms with Crippen molar-refractivity contribution in [1.82, 2.24) is 10.1 Å². The van der Waals surface area contributed by atoms with Crippen molar-refractivity contribution in [1.29, 1.82) is 0 Å². The summed E-state index contributed by atoms with van der Waals surface area (Å²) in [6.07, 6.45) is -3.38. The molecule has 0 aliphatic carbocycles. The summed E-state index contributed by atoms with van der Waals surface area (Å²) in [5, 5.41) is 7.01. The molecule has 1 N–H and O–H groups in total. The van der Waals surface area contributed by atoms with Gasteiger partial charge in [-0.2, -0.15) is 18.2 Å². The number of benzene rings is 1. The van der Waals surface area contributed by atoms with Gasteiger partial charge in [-0.05, 0) is 30.5 Å². The lowest BCUT2D eigenvalue weighted by Gasteiger charge is -2.17. The average molecular weight is 341 g/mol. The van der Waals surface area contributed by atoms with Gasteiger partial charge in [-0.3, -0.25) is 0 Å². The van der Waals surface area contributed by atoms with Gasteiger partial charge in [0.25, 0.3) is 0 Å². The molecule has 130 valence electrons. The topological polar surface area (TPSA) is 60.2 Å². The molecule has 2 heterocycles. The van der Waals surface area contributed by atoms with E-state index >= 15 is 0 Å². The molecule has 0 saturated carbocycles. The van der Waals surface area contributed by atoms with Crippen molar-refractivity contribution in [2.45, 2.75) is 37.9 Å². The van der Waals surface area contributed by atoms with Gasteiger partial charge >= 0.3 is 6.18 Å². The highest BCUT2D eigenvalue weighted by molar-refractivity contribution is 5.44. The molecular formula is C16H18F3N3O2. The molecule has 0 bridgehead atoms. The summed E-state index contributed by atoms with van der Waals surface area (Å²) >= 11 is 0. The van der Waals surface area contributed by atoms with E-state index in [1.807, 2.05) is 0 Å². The SMILES string of the molecule is FC(F)(F)Cc1ccc(NCc2noc(C3CCOCC3)n2)cc1. The molecule has 1 aromatic carbocycles. The Morgan fingerprint density at radius 3 is 2.50 bits per heavy atom. The molecule has 1 fully saturated rings. The van der Waals surface area contributed by atoms with Crippen LogP contribution in [0.1, 0.15) is 36.0 Å². The Kier molecular flexibility index (Phi) is 5.03. The molecule has 0 spiro atoms. The van der Waals surface area contributed by atoms with Crippen LogP contribution in [0, 0.1) is 0 Å². The van der Waals surface area contributed by atoms with Gasteiger partial charge in [0.05, 0.1) is 13.0 Å². The van der Waals surface area contributed by atoms with Crippen LogP contribution in [0.15, 0.2) is 28.8 Å². The van der Waals surface area contributed by atoms with Gasteiger partial charge < -0.3 is 14.6 Å². The second-order valence-electron chi connectivity index (χ2n) is 5.78. The molecule has 3 rings (SSSR count). The Balaban J connectivity index is 1.53. The van der Waals surface area contributed by atoms with E-state index in [2.05, 4.69) is 15.5 Å². The number of hydrogen-bond acceptors (Lipinski definition) is 5. The van der Waals surface area contributed by atoms with E-state index in [9.17, 15) is 13.2 Å². The van der Waals surface area contributed by atoms with E-state index in [-0.39, 0.29) is 11.5 Å². The molecule has 0 amide bonds. The fraction of sp³-hybridized carbons (Fsp3) is 0.500. The molecule has 5 nitrogen and oxygen atoms in total. The third kappa shape index (κ3) is 4.70. The predicted octanol–water partition coefficient (Wildman–Crippen LogP) is 3.68. The first kappa shape index (κ1) is 16.8. The predicted molar refractivity (Wildman–Crippen MR) is 80.6 cm³/mol. The van der Waals surface area contributed by atoms with Crippen molar-refractivity contribution in [2.75, 3.05) is 18.5 Å². The Morgan fingerprint density at radius 2 is 1.83 bits per heavy atom. The van der Waals surface area contributed by atoms with Crippen molar-refractivity contribution in [2.24, 2.45) is 0 Å². The number of anilines is 1. The molecule has 1 aliphatic heterocycles. The summed E-state index contributed by atoms with van der Waals surface area (Å²) in [5.74, 6) is 1.38. The van der Waals surface area contributed by atoms with E-state index in [0.29, 0.717) is 37.2 Å². The van der Waals surface area contributed by atoms with E-state index in [1.54, 1.807) is 12.1 Å². The summed E-state index contributed by atoms with van der Waals surface area (Å²) in [4.78, 5) is 4.37. The van der Waals surface area contributed by atoms with Gasteiger partial charge in [0, 0.05) is 24.8 Å². The number of rotatable bonds is 5. The van der Waals surface area contributed by atoms with Crippen molar-refractivity contribution in [3.8, 4) is 0 Å². The number of hydrogen-bond donors (Lipinski definition) is 1. The lowest BCUT2D eigenvalue weighted by molar-refractivity contribution is -0.127. The van der Waals surface area contributed by atoms with Crippen LogP contribution in [-0.4, -0.2) is 29.5 Å². The van der Waals surface area contributed by atoms with Crippen molar-refractivity contribution >= 4 is 5.69 Å². The zero-order valence-corrected chi connectivity index (χ0v) is 13.0. The number of alkyl halides is 3. The maximum atomic E-state index is 12.3. The van der Waals surface area contributed by atoms with Crippen LogP contribution in [0.4, 0.5) is 18.9 Å². The highest BCUT2D eigenvalue weighted by atomic mass is 19.4. The van der Waals surface area contributed by atoms with Gasteiger partial charge in [0.15, 0.2) is 5.82 Å². The average Bonchev–Trinajstić information content (AvgIpc) is 3.03. The molecule has 8 heteroatoms.